The van der Waals surface area contributed by atoms with Crippen LogP contribution in [0.5, 0.6) is 11.5 Å². The fourth-order valence-corrected chi connectivity index (χ4v) is 2.17. The number of ether oxygens (including phenoxy) is 1. The summed E-state index contributed by atoms with van der Waals surface area (Å²) in [4.78, 5) is 4.22. The molecule has 0 saturated carbocycles. The number of aromatic nitrogens is 1. The van der Waals surface area contributed by atoms with Crippen LogP contribution in [0.25, 0.3) is 0 Å². The van der Waals surface area contributed by atoms with Crippen LogP contribution in [-0.4, -0.2) is 11.0 Å². The molecular formula is C18H24N2O. The topological polar surface area (TPSA) is 48.1 Å². The maximum absolute atomic E-state index is 5.93. The number of pyridine rings is 1. The largest absolute Gasteiger partial charge is 0.456 e. The fourth-order valence-electron chi connectivity index (χ4n) is 2.17. The molecule has 1 aromatic heterocycles. The summed E-state index contributed by atoms with van der Waals surface area (Å²) >= 11 is 0. The predicted octanol–water partition coefficient (Wildman–Crippen LogP) is 4.06. The van der Waals surface area contributed by atoms with Crippen molar-refractivity contribution in [3.8, 4) is 11.5 Å². The Morgan fingerprint density at radius 2 is 1.90 bits per heavy atom. The van der Waals surface area contributed by atoms with E-state index in [2.05, 4.69) is 37.9 Å². The molecule has 0 aliphatic carbocycles. The molecule has 0 radical (unpaired) electrons. The van der Waals surface area contributed by atoms with Gasteiger partial charge in [0.15, 0.2) is 0 Å². The van der Waals surface area contributed by atoms with E-state index in [1.165, 1.54) is 5.56 Å². The van der Waals surface area contributed by atoms with Gasteiger partial charge in [-0.2, -0.15) is 0 Å². The number of nitrogens with zero attached hydrogens (tertiary/aromatic N) is 1. The second kappa shape index (κ2) is 6.27. The van der Waals surface area contributed by atoms with Gasteiger partial charge in [0.1, 0.15) is 11.5 Å². The van der Waals surface area contributed by atoms with E-state index in [0.29, 0.717) is 0 Å². The first-order valence-corrected chi connectivity index (χ1v) is 7.32. The van der Waals surface area contributed by atoms with Crippen molar-refractivity contribution in [1.29, 1.82) is 0 Å². The summed E-state index contributed by atoms with van der Waals surface area (Å²) in [6.45, 7) is 8.56. The van der Waals surface area contributed by atoms with Crippen molar-refractivity contribution in [3.05, 3.63) is 53.9 Å². The Hall–Kier alpha value is -1.87. The van der Waals surface area contributed by atoms with Gasteiger partial charge in [0.05, 0.1) is 6.20 Å². The van der Waals surface area contributed by atoms with Crippen molar-refractivity contribution >= 4 is 0 Å². The van der Waals surface area contributed by atoms with Crippen LogP contribution in [0.15, 0.2) is 42.7 Å². The van der Waals surface area contributed by atoms with Gasteiger partial charge in [-0.05, 0) is 48.1 Å². The minimum absolute atomic E-state index is 0.106. The Bertz CT molecular complexity index is 600. The number of hydrogen-bond donors (Lipinski definition) is 1. The first kappa shape index (κ1) is 15.5. The lowest BCUT2D eigenvalue weighted by Crippen LogP contribution is -2.17. The molecule has 1 unspecified atom stereocenters. The average molecular weight is 284 g/mol. The molecule has 0 aliphatic rings. The summed E-state index contributed by atoms with van der Waals surface area (Å²) in [6, 6.07) is 10.3. The minimum atomic E-state index is 0.106. The molecule has 3 heteroatoms. The summed E-state index contributed by atoms with van der Waals surface area (Å²) in [6.07, 6.45) is 4.36. The molecule has 1 atom stereocenters. The van der Waals surface area contributed by atoms with Gasteiger partial charge in [-0.15, -0.1) is 0 Å². The first-order valence-electron chi connectivity index (χ1n) is 7.32. The highest BCUT2D eigenvalue weighted by Crippen LogP contribution is 2.28. The first-order chi connectivity index (χ1) is 9.84. The monoisotopic (exact) mass is 284 g/mol. The van der Waals surface area contributed by atoms with Crippen molar-refractivity contribution in [3.63, 3.8) is 0 Å². The Labute approximate surface area is 127 Å². The van der Waals surface area contributed by atoms with E-state index in [1.807, 2.05) is 31.3 Å². The van der Waals surface area contributed by atoms with E-state index in [0.717, 1.165) is 23.5 Å². The number of rotatable bonds is 4. The summed E-state index contributed by atoms with van der Waals surface area (Å²) in [5.74, 6) is 1.58. The van der Waals surface area contributed by atoms with Gasteiger partial charge in [-0.25, -0.2) is 0 Å². The Kier molecular flexibility index (Phi) is 4.63. The van der Waals surface area contributed by atoms with Crippen LogP contribution < -0.4 is 10.5 Å². The van der Waals surface area contributed by atoms with Crippen LogP contribution in [0, 0.1) is 0 Å². The molecule has 0 aliphatic heterocycles. The highest BCUT2D eigenvalue weighted by Gasteiger charge is 2.14. The number of hydrogen-bond acceptors (Lipinski definition) is 3. The third kappa shape index (κ3) is 4.57. The fraction of sp³-hybridized carbons (Fsp3) is 0.389. The van der Waals surface area contributed by atoms with Crippen molar-refractivity contribution in [2.75, 3.05) is 0 Å². The van der Waals surface area contributed by atoms with Gasteiger partial charge >= 0.3 is 0 Å². The second-order valence-corrected chi connectivity index (χ2v) is 6.59. The van der Waals surface area contributed by atoms with Gasteiger partial charge in [0.2, 0.25) is 0 Å². The third-order valence-electron chi connectivity index (χ3n) is 3.26. The highest BCUT2D eigenvalue weighted by atomic mass is 16.5. The summed E-state index contributed by atoms with van der Waals surface area (Å²) < 4.78 is 5.93. The van der Waals surface area contributed by atoms with E-state index in [1.54, 1.807) is 6.20 Å². The molecule has 21 heavy (non-hydrogen) atoms. The molecule has 2 rings (SSSR count). The molecule has 0 amide bonds. The molecule has 1 aromatic carbocycles. The van der Waals surface area contributed by atoms with Crippen LogP contribution in [0.4, 0.5) is 0 Å². The predicted molar refractivity (Wildman–Crippen MR) is 86.8 cm³/mol. The van der Waals surface area contributed by atoms with Crippen LogP contribution in [0.2, 0.25) is 0 Å². The Morgan fingerprint density at radius 3 is 2.57 bits per heavy atom. The normalized spacial score (nSPS) is 13.0. The molecule has 0 saturated heterocycles. The molecule has 1 heterocycles. The molecule has 0 bridgehead atoms. The van der Waals surface area contributed by atoms with E-state index in [9.17, 15) is 0 Å². The van der Waals surface area contributed by atoms with Crippen molar-refractivity contribution in [2.24, 2.45) is 5.73 Å². The maximum Gasteiger partial charge on any atom is 0.145 e. The SMILES string of the molecule is CC(N)Cc1cncc(Oc2cccc(C(C)(C)C)c2)c1. The van der Waals surface area contributed by atoms with Crippen LogP contribution in [-0.2, 0) is 11.8 Å². The zero-order valence-electron chi connectivity index (χ0n) is 13.3. The van der Waals surface area contributed by atoms with Gasteiger partial charge in [0, 0.05) is 12.2 Å². The number of benzene rings is 1. The van der Waals surface area contributed by atoms with E-state index < -0.39 is 0 Å². The summed E-state index contributed by atoms with van der Waals surface area (Å²) in [5, 5.41) is 0. The molecule has 0 fully saturated rings. The summed E-state index contributed by atoms with van der Waals surface area (Å²) in [5.41, 5.74) is 8.27. The summed E-state index contributed by atoms with van der Waals surface area (Å²) in [7, 11) is 0. The van der Waals surface area contributed by atoms with Gasteiger partial charge in [-0.1, -0.05) is 32.9 Å². The Morgan fingerprint density at radius 1 is 1.14 bits per heavy atom. The molecule has 2 N–H and O–H groups in total. The van der Waals surface area contributed by atoms with Crippen LogP contribution >= 0.6 is 0 Å². The lowest BCUT2D eigenvalue weighted by molar-refractivity contribution is 0.475. The van der Waals surface area contributed by atoms with E-state index in [4.69, 9.17) is 10.5 Å². The molecule has 112 valence electrons. The molecule has 0 spiro atoms. The quantitative estimate of drug-likeness (QED) is 0.921. The number of nitrogens with two attached hydrogens (primary N) is 1. The minimum Gasteiger partial charge on any atom is -0.456 e. The lowest BCUT2D eigenvalue weighted by Gasteiger charge is -2.19. The molecule has 3 nitrogen and oxygen atoms in total. The van der Waals surface area contributed by atoms with Crippen molar-refractivity contribution in [2.45, 2.75) is 45.6 Å². The third-order valence-corrected chi connectivity index (χ3v) is 3.26. The van der Waals surface area contributed by atoms with Crippen molar-refractivity contribution in [1.82, 2.24) is 4.98 Å². The zero-order chi connectivity index (χ0) is 15.5. The van der Waals surface area contributed by atoms with Gasteiger partial charge in [0.25, 0.3) is 0 Å². The zero-order valence-corrected chi connectivity index (χ0v) is 13.3. The van der Waals surface area contributed by atoms with Gasteiger partial charge < -0.3 is 10.5 Å². The lowest BCUT2D eigenvalue weighted by atomic mass is 9.87. The molecular weight excluding hydrogens is 260 g/mol. The molecule has 2 aromatic rings. The van der Waals surface area contributed by atoms with Crippen LogP contribution in [0.3, 0.4) is 0 Å². The van der Waals surface area contributed by atoms with Crippen molar-refractivity contribution < 1.29 is 4.74 Å². The standard InChI is InChI=1S/C18H24N2O/c1-13(19)8-14-9-17(12-20-11-14)21-16-7-5-6-15(10-16)18(2,3)4/h5-7,9-13H,8,19H2,1-4H3. The second-order valence-electron chi connectivity index (χ2n) is 6.59. The average Bonchev–Trinajstić information content (AvgIpc) is 2.37. The Balaban J connectivity index is 2.18. The van der Waals surface area contributed by atoms with Crippen LogP contribution in [0.1, 0.15) is 38.8 Å². The van der Waals surface area contributed by atoms with E-state index in [-0.39, 0.29) is 11.5 Å². The highest BCUT2D eigenvalue weighted by molar-refractivity contribution is 5.36. The van der Waals surface area contributed by atoms with Gasteiger partial charge in [-0.3, -0.25) is 4.98 Å². The maximum atomic E-state index is 5.93. The smallest absolute Gasteiger partial charge is 0.145 e. The van der Waals surface area contributed by atoms with E-state index >= 15 is 0 Å².